The lowest BCUT2D eigenvalue weighted by Crippen LogP contribution is -2.43. The third-order valence-corrected chi connectivity index (χ3v) is 4.80. The third-order valence-electron chi connectivity index (χ3n) is 4.80. The van der Waals surface area contributed by atoms with Crippen LogP contribution < -0.4 is 15.5 Å². The quantitative estimate of drug-likeness (QED) is 0.498. The summed E-state index contributed by atoms with van der Waals surface area (Å²) in [5.74, 6) is 1.53. The van der Waals surface area contributed by atoms with E-state index in [1.807, 2.05) is 54.6 Å². The van der Waals surface area contributed by atoms with Crippen molar-refractivity contribution < 1.29 is 14.6 Å². The number of carbonyl (C=O) groups excluding carboxylic acids is 1. The molecule has 0 aliphatic rings. The van der Waals surface area contributed by atoms with Crippen molar-refractivity contribution in [2.75, 3.05) is 17.3 Å². The predicted octanol–water partition coefficient (Wildman–Crippen LogP) is 3.34. The van der Waals surface area contributed by atoms with E-state index < -0.39 is 6.10 Å². The van der Waals surface area contributed by atoms with E-state index in [1.54, 1.807) is 17.8 Å². The lowest BCUT2D eigenvalue weighted by atomic mass is 10.1. The summed E-state index contributed by atoms with van der Waals surface area (Å²) in [6, 6.07) is 17.1. The first-order valence-electron chi connectivity index (χ1n) is 9.85. The van der Waals surface area contributed by atoms with Crippen molar-refractivity contribution in [3.8, 4) is 22.6 Å². The number of amides is 1. The molecule has 0 unspecified atom stereocenters. The number of fused-ring (bicyclic) bond motifs is 1. The number of nitrogen functional groups attached to an aromatic ring is 1. The Hall–Kier alpha value is -3.91. The van der Waals surface area contributed by atoms with Crippen molar-refractivity contribution in [1.82, 2.24) is 14.6 Å². The van der Waals surface area contributed by atoms with Gasteiger partial charge < -0.3 is 15.6 Å². The first-order chi connectivity index (χ1) is 14.9. The fourth-order valence-electron chi connectivity index (χ4n) is 3.42. The molecule has 4 rings (SSSR count). The van der Waals surface area contributed by atoms with Gasteiger partial charge in [-0.1, -0.05) is 30.3 Å². The average Bonchev–Trinajstić information content (AvgIpc) is 3.14. The highest BCUT2D eigenvalue weighted by atomic mass is 16.5. The lowest BCUT2D eigenvalue weighted by molar-refractivity contribution is -0.118. The minimum atomic E-state index is -0.710. The number of anilines is 1. The van der Waals surface area contributed by atoms with E-state index in [0.29, 0.717) is 22.6 Å². The summed E-state index contributed by atoms with van der Waals surface area (Å²) in [4.78, 5) is 20.7. The molecule has 0 aliphatic heterocycles. The molecule has 0 spiro atoms. The fourth-order valence-corrected chi connectivity index (χ4v) is 3.42. The summed E-state index contributed by atoms with van der Waals surface area (Å²) in [5.41, 5.74) is 8.31. The second kappa shape index (κ2) is 8.45. The van der Waals surface area contributed by atoms with Gasteiger partial charge in [0.15, 0.2) is 5.65 Å². The Labute approximate surface area is 179 Å². The van der Waals surface area contributed by atoms with Gasteiger partial charge in [0, 0.05) is 18.7 Å². The number of hydrogen-bond acceptors (Lipinski definition) is 6. The summed E-state index contributed by atoms with van der Waals surface area (Å²) in [5, 5.41) is 11.9. The van der Waals surface area contributed by atoms with Gasteiger partial charge in [-0.2, -0.15) is 0 Å². The van der Waals surface area contributed by atoms with Crippen LogP contribution in [0.25, 0.3) is 22.2 Å². The van der Waals surface area contributed by atoms with Crippen molar-refractivity contribution >= 4 is 22.8 Å². The first-order valence-corrected chi connectivity index (χ1v) is 9.85. The van der Waals surface area contributed by atoms with Crippen LogP contribution in [0, 0.1) is 0 Å². The predicted molar refractivity (Wildman–Crippen MR) is 119 cm³/mol. The molecule has 3 N–H and O–H groups in total. The van der Waals surface area contributed by atoms with Crippen molar-refractivity contribution in [2.24, 2.45) is 0 Å². The zero-order valence-electron chi connectivity index (χ0n) is 17.3. The molecule has 2 aromatic carbocycles. The van der Waals surface area contributed by atoms with Crippen LogP contribution in [0.5, 0.6) is 11.5 Å². The molecule has 0 bridgehead atoms. The van der Waals surface area contributed by atoms with Crippen LogP contribution in [0.2, 0.25) is 0 Å². The van der Waals surface area contributed by atoms with Crippen molar-refractivity contribution in [3.05, 3.63) is 67.1 Å². The summed E-state index contributed by atoms with van der Waals surface area (Å²) < 4.78 is 7.48. The third kappa shape index (κ3) is 4.19. The van der Waals surface area contributed by atoms with Crippen LogP contribution >= 0.6 is 0 Å². The number of rotatable bonds is 6. The van der Waals surface area contributed by atoms with E-state index >= 15 is 0 Å². The molecule has 0 fully saturated rings. The minimum absolute atomic E-state index is 0.117. The van der Waals surface area contributed by atoms with Crippen LogP contribution in [-0.4, -0.2) is 38.3 Å². The van der Waals surface area contributed by atoms with Gasteiger partial charge in [0.2, 0.25) is 5.91 Å². The molecule has 8 nitrogen and oxygen atoms in total. The number of carbonyl (C=O) groups is 1. The number of benzene rings is 2. The second-order valence-corrected chi connectivity index (χ2v) is 7.23. The number of aliphatic hydroxyl groups excluding tert-OH is 1. The zero-order valence-corrected chi connectivity index (χ0v) is 17.3. The molecule has 0 radical (unpaired) electrons. The van der Waals surface area contributed by atoms with E-state index in [9.17, 15) is 9.90 Å². The Bertz CT molecular complexity index is 1200. The highest BCUT2D eigenvalue weighted by Crippen LogP contribution is 2.34. The van der Waals surface area contributed by atoms with Gasteiger partial charge in [-0.05, 0) is 36.8 Å². The smallest absolute Gasteiger partial charge is 0.238 e. The molecule has 0 saturated heterocycles. The molecule has 0 aliphatic carbocycles. The SMILES string of the molecule is CC(=O)N(C[C@@H](C)O)n1cc(-c2ccc(Oc3ccccc3)cc2)c2c(N)ncnc21. The largest absolute Gasteiger partial charge is 0.457 e. The van der Waals surface area contributed by atoms with Crippen LogP contribution in [0.4, 0.5) is 5.82 Å². The highest BCUT2D eigenvalue weighted by Gasteiger charge is 2.21. The van der Waals surface area contributed by atoms with E-state index in [-0.39, 0.29) is 12.5 Å². The van der Waals surface area contributed by atoms with Gasteiger partial charge in [-0.3, -0.25) is 4.79 Å². The summed E-state index contributed by atoms with van der Waals surface area (Å²) in [6.07, 6.45) is 2.43. The normalized spacial score (nSPS) is 12.0. The second-order valence-electron chi connectivity index (χ2n) is 7.23. The number of ether oxygens (including phenoxy) is 1. The molecular formula is C23H23N5O3. The van der Waals surface area contributed by atoms with Gasteiger partial charge >= 0.3 is 0 Å². The Morgan fingerprint density at radius 1 is 1.13 bits per heavy atom. The molecule has 158 valence electrons. The van der Waals surface area contributed by atoms with Crippen molar-refractivity contribution in [2.45, 2.75) is 20.0 Å². The summed E-state index contributed by atoms with van der Waals surface area (Å²) >= 11 is 0. The Morgan fingerprint density at radius 2 is 1.81 bits per heavy atom. The highest BCUT2D eigenvalue weighted by molar-refractivity contribution is 6.01. The lowest BCUT2D eigenvalue weighted by Gasteiger charge is -2.24. The number of aliphatic hydroxyl groups is 1. The van der Waals surface area contributed by atoms with E-state index in [4.69, 9.17) is 10.5 Å². The van der Waals surface area contributed by atoms with E-state index in [0.717, 1.165) is 16.9 Å². The molecule has 1 amide bonds. The van der Waals surface area contributed by atoms with Crippen LogP contribution in [-0.2, 0) is 4.79 Å². The molecule has 1 atom stereocenters. The maximum absolute atomic E-state index is 12.3. The first kappa shape index (κ1) is 20.4. The van der Waals surface area contributed by atoms with Gasteiger partial charge in [0.05, 0.1) is 18.0 Å². The van der Waals surface area contributed by atoms with Gasteiger partial charge in [0.25, 0.3) is 0 Å². The van der Waals surface area contributed by atoms with Gasteiger partial charge in [-0.15, -0.1) is 0 Å². The number of nitrogens with two attached hydrogens (primary N) is 1. The molecule has 4 aromatic rings. The molecule has 2 aromatic heterocycles. The summed E-state index contributed by atoms with van der Waals surface area (Å²) in [7, 11) is 0. The number of aromatic nitrogens is 3. The fraction of sp³-hybridized carbons (Fsp3) is 0.174. The van der Waals surface area contributed by atoms with Crippen LogP contribution in [0.3, 0.4) is 0 Å². The van der Waals surface area contributed by atoms with Crippen LogP contribution in [0.15, 0.2) is 67.1 Å². The van der Waals surface area contributed by atoms with Crippen molar-refractivity contribution in [1.29, 1.82) is 0 Å². The molecular weight excluding hydrogens is 394 g/mol. The zero-order chi connectivity index (χ0) is 22.0. The van der Waals surface area contributed by atoms with Gasteiger partial charge in [0.1, 0.15) is 23.6 Å². The van der Waals surface area contributed by atoms with E-state index in [1.165, 1.54) is 18.3 Å². The number of hydrogen-bond donors (Lipinski definition) is 2. The molecule has 31 heavy (non-hydrogen) atoms. The Morgan fingerprint density at radius 3 is 2.45 bits per heavy atom. The van der Waals surface area contributed by atoms with Gasteiger partial charge in [-0.25, -0.2) is 19.7 Å². The Balaban J connectivity index is 1.76. The van der Waals surface area contributed by atoms with Crippen molar-refractivity contribution in [3.63, 3.8) is 0 Å². The number of para-hydroxylation sites is 1. The average molecular weight is 417 g/mol. The van der Waals surface area contributed by atoms with E-state index in [2.05, 4.69) is 9.97 Å². The monoisotopic (exact) mass is 417 g/mol. The maximum Gasteiger partial charge on any atom is 0.238 e. The standard InChI is InChI=1S/C23H23N5O3/c1-15(29)12-27(16(2)30)28-13-20(21-22(24)25-14-26-23(21)28)17-8-10-19(11-9-17)31-18-6-4-3-5-7-18/h3-11,13-15,29H,12H2,1-2H3,(H2,24,25,26)/t15-/m1/s1. The minimum Gasteiger partial charge on any atom is -0.457 e. The maximum atomic E-state index is 12.3. The molecule has 2 heterocycles. The number of nitrogens with zero attached hydrogens (tertiary/aromatic N) is 4. The van der Waals surface area contributed by atoms with Crippen LogP contribution in [0.1, 0.15) is 13.8 Å². The molecule has 0 saturated carbocycles. The molecule has 8 heteroatoms. The topological polar surface area (TPSA) is 106 Å². The summed E-state index contributed by atoms with van der Waals surface area (Å²) in [6.45, 7) is 3.18. The Kier molecular flexibility index (Phi) is 5.55.